The van der Waals surface area contributed by atoms with Crippen LogP contribution in [0.25, 0.3) is 0 Å². The van der Waals surface area contributed by atoms with Gasteiger partial charge in [0, 0.05) is 17.3 Å². The zero-order valence-electron chi connectivity index (χ0n) is 12.8. The van der Waals surface area contributed by atoms with E-state index in [-0.39, 0.29) is 10.8 Å². The van der Waals surface area contributed by atoms with Crippen LogP contribution in [-0.4, -0.2) is 13.2 Å². The number of nitrogens with zero attached hydrogens (tertiary/aromatic N) is 1. The molecule has 112 valence electrons. The topological polar surface area (TPSA) is 33.0 Å². The molecule has 6 rings (SSSR count). The molecule has 1 spiro atoms. The van der Waals surface area contributed by atoms with Gasteiger partial charge in [-0.05, 0) is 28.5 Å². The number of hydrogen-bond donors (Lipinski definition) is 0. The molecule has 2 aromatic carbocycles. The monoisotopic (exact) mass is 299 g/mol. The van der Waals surface area contributed by atoms with Crippen LogP contribution in [0.2, 0.25) is 0 Å². The third kappa shape index (κ3) is 1.05. The van der Waals surface area contributed by atoms with E-state index < -0.39 is 0 Å². The predicted molar refractivity (Wildman–Crippen MR) is 85.9 cm³/mol. The van der Waals surface area contributed by atoms with E-state index in [0.29, 0.717) is 23.7 Å². The summed E-state index contributed by atoms with van der Waals surface area (Å²) in [4.78, 5) is 0. The molecule has 1 aliphatic heterocycles. The van der Waals surface area contributed by atoms with Crippen LogP contribution in [0.3, 0.4) is 0 Å². The maximum Gasteiger partial charge on any atom is 0.0811 e. The fourth-order valence-electron chi connectivity index (χ4n) is 6.75. The summed E-state index contributed by atoms with van der Waals surface area (Å²) in [5, 5.41) is 10.3. The summed E-state index contributed by atoms with van der Waals surface area (Å²) in [5.74, 6) is 1.61. The van der Waals surface area contributed by atoms with Crippen molar-refractivity contribution >= 4 is 0 Å². The van der Waals surface area contributed by atoms with Gasteiger partial charge in [0.15, 0.2) is 0 Å². The maximum absolute atomic E-state index is 10.3. The summed E-state index contributed by atoms with van der Waals surface area (Å²) in [6, 6.07) is 22.3. The van der Waals surface area contributed by atoms with Crippen LogP contribution in [-0.2, 0) is 4.74 Å². The second-order valence-corrected chi connectivity index (χ2v) is 7.63. The Morgan fingerprint density at radius 3 is 2.48 bits per heavy atom. The van der Waals surface area contributed by atoms with Gasteiger partial charge in [0.1, 0.15) is 0 Å². The van der Waals surface area contributed by atoms with Crippen molar-refractivity contribution in [2.24, 2.45) is 16.7 Å². The third-order valence-electron chi connectivity index (χ3n) is 7.20. The first kappa shape index (κ1) is 12.3. The van der Waals surface area contributed by atoms with Crippen molar-refractivity contribution in [2.75, 3.05) is 13.2 Å². The first-order valence-corrected chi connectivity index (χ1v) is 8.49. The highest BCUT2D eigenvalue weighted by Gasteiger charge is 2.92. The van der Waals surface area contributed by atoms with E-state index in [4.69, 9.17) is 4.74 Å². The summed E-state index contributed by atoms with van der Waals surface area (Å²) >= 11 is 0. The molecule has 2 heteroatoms. The quantitative estimate of drug-likeness (QED) is 0.802. The Hall–Kier alpha value is -2.11. The molecule has 0 amide bonds. The van der Waals surface area contributed by atoms with Crippen molar-refractivity contribution in [3.05, 3.63) is 71.3 Å². The standard InChI is InChI=1S/C21H17NO/c22-11-20-17(13-6-2-1-3-7-13)16-10-23-12-21(20)18(16)14-8-4-5-9-15(14)19(20)21/h1-9,16-19H,10,12H2/t16-,17-,18?,19?,20?,21?/m0/s1. The van der Waals surface area contributed by atoms with Gasteiger partial charge in [-0.15, -0.1) is 0 Å². The van der Waals surface area contributed by atoms with Gasteiger partial charge in [0.25, 0.3) is 0 Å². The Morgan fingerprint density at radius 1 is 0.957 bits per heavy atom. The van der Waals surface area contributed by atoms with E-state index in [1.807, 2.05) is 0 Å². The highest BCUT2D eigenvalue weighted by Crippen LogP contribution is 2.94. The molecule has 3 fully saturated rings. The minimum atomic E-state index is -0.255. The Morgan fingerprint density at radius 2 is 1.70 bits per heavy atom. The van der Waals surface area contributed by atoms with E-state index in [0.717, 1.165) is 13.2 Å². The molecule has 6 atom stereocenters. The highest BCUT2D eigenvalue weighted by molar-refractivity contribution is 5.64. The van der Waals surface area contributed by atoms with Gasteiger partial charge in [-0.2, -0.15) is 5.26 Å². The molecule has 2 nitrogen and oxygen atoms in total. The number of hydrogen-bond acceptors (Lipinski definition) is 2. The van der Waals surface area contributed by atoms with Crippen LogP contribution in [0.15, 0.2) is 54.6 Å². The Bertz CT molecular complexity index is 869. The fraction of sp³-hybridized carbons (Fsp3) is 0.381. The molecule has 2 bridgehead atoms. The SMILES string of the molecule is N#CC12C3c4ccccc4C4[C@@H](COCC431)[C@@H]2c1ccccc1. The smallest absolute Gasteiger partial charge is 0.0811 e. The molecule has 0 radical (unpaired) electrons. The lowest BCUT2D eigenvalue weighted by atomic mass is 9.75. The largest absolute Gasteiger partial charge is 0.380 e. The number of fused-ring (bicyclic) bond motifs is 3. The maximum atomic E-state index is 10.3. The van der Waals surface area contributed by atoms with Crippen molar-refractivity contribution in [3.8, 4) is 6.07 Å². The fourth-order valence-corrected chi connectivity index (χ4v) is 6.75. The van der Waals surface area contributed by atoms with Crippen LogP contribution in [0.5, 0.6) is 0 Å². The van der Waals surface area contributed by atoms with E-state index in [2.05, 4.69) is 60.7 Å². The van der Waals surface area contributed by atoms with Crippen LogP contribution in [0.1, 0.15) is 34.4 Å². The van der Waals surface area contributed by atoms with Crippen molar-refractivity contribution in [1.29, 1.82) is 5.26 Å². The van der Waals surface area contributed by atoms with Crippen molar-refractivity contribution in [2.45, 2.75) is 17.8 Å². The summed E-state index contributed by atoms with van der Waals surface area (Å²) in [5.41, 5.74) is 4.03. The molecule has 2 saturated carbocycles. The molecular formula is C21H17NO. The highest BCUT2D eigenvalue weighted by atomic mass is 16.5. The lowest BCUT2D eigenvalue weighted by Gasteiger charge is -2.33. The molecule has 0 aromatic heterocycles. The number of rotatable bonds is 1. The zero-order chi connectivity index (χ0) is 15.2. The van der Waals surface area contributed by atoms with Crippen molar-refractivity contribution < 1.29 is 4.74 Å². The molecule has 1 heterocycles. The molecule has 3 aliphatic carbocycles. The third-order valence-corrected chi connectivity index (χ3v) is 7.20. The summed E-state index contributed by atoms with van der Waals surface area (Å²) in [7, 11) is 0. The average molecular weight is 299 g/mol. The summed E-state index contributed by atoms with van der Waals surface area (Å²) in [6.45, 7) is 1.54. The first-order chi connectivity index (χ1) is 11.4. The van der Waals surface area contributed by atoms with Gasteiger partial charge < -0.3 is 4.74 Å². The molecule has 0 N–H and O–H groups in total. The van der Waals surface area contributed by atoms with Crippen molar-refractivity contribution in [1.82, 2.24) is 0 Å². The van der Waals surface area contributed by atoms with Gasteiger partial charge in [-0.1, -0.05) is 54.6 Å². The predicted octanol–water partition coefficient (Wildman–Crippen LogP) is 3.82. The minimum absolute atomic E-state index is 0.0366. The Balaban J connectivity index is 1.65. The molecular weight excluding hydrogens is 282 g/mol. The average Bonchev–Trinajstić information content (AvgIpc) is 3.01. The molecule has 23 heavy (non-hydrogen) atoms. The molecule has 1 saturated heterocycles. The molecule has 4 unspecified atom stereocenters. The van der Waals surface area contributed by atoms with Crippen LogP contribution in [0, 0.1) is 28.1 Å². The molecule has 4 aliphatic rings. The van der Waals surface area contributed by atoms with Gasteiger partial charge in [-0.3, -0.25) is 0 Å². The lowest BCUT2D eigenvalue weighted by Crippen LogP contribution is -2.31. The normalized spacial score (nSPS) is 44.3. The van der Waals surface area contributed by atoms with Gasteiger partial charge >= 0.3 is 0 Å². The Labute approximate surface area is 135 Å². The van der Waals surface area contributed by atoms with Gasteiger partial charge in [0.2, 0.25) is 0 Å². The van der Waals surface area contributed by atoms with E-state index in [9.17, 15) is 5.26 Å². The minimum Gasteiger partial charge on any atom is -0.380 e. The van der Waals surface area contributed by atoms with Gasteiger partial charge in [-0.25, -0.2) is 0 Å². The summed E-state index contributed by atoms with van der Waals surface area (Å²) < 4.78 is 6.04. The van der Waals surface area contributed by atoms with Crippen LogP contribution in [0.4, 0.5) is 0 Å². The second-order valence-electron chi connectivity index (χ2n) is 7.63. The van der Waals surface area contributed by atoms with E-state index >= 15 is 0 Å². The summed E-state index contributed by atoms with van der Waals surface area (Å²) in [6.07, 6.45) is 0. The molecule has 2 aromatic rings. The van der Waals surface area contributed by atoms with E-state index in [1.54, 1.807) is 0 Å². The van der Waals surface area contributed by atoms with Crippen LogP contribution >= 0.6 is 0 Å². The Kier molecular flexibility index (Phi) is 1.98. The van der Waals surface area contributed by atoms with E-state index in [1.165, 1.54) is 16.7 Å². The first-order valence-electron chi connectivity index (χ1n) is 8.49. The van der Waals surface area contributed by atoms with Gasteiger partial charge in [0.05, 0.1) is 24.7 Å². The second kappa shape index (κ2) is 3.68. The van der Waals surface area contributed by atoms with Crippen LogP contribution < -0.4 is 0 Å². The van der Waals surface area contributed by atoms with Crippen molar-refractivity contribution in [3.63, 3.8) is 0 Å². The number of benzene rings is 2. The lowest BCUT2D eigenvalue weighted by molar-refractivity contribution is 0.00626. The number of ether oxygens (including phenoxy) is 1. The zero-order valence-corrected chi connectivity index (χ0v) is 12.8. The number of nitriles is 1.